The van der Waals surface area contributed by atoms with E-state index in [0.717, 1.165) is 19.3 Å². The second-order valence-corrected chi connectivity index (χ2v) is 7.87. The maximum Gasteiger partial charge on any atom is 0.412 e. The van der Waals surface area contributed by atoms with Crippen LogP contribution in [0.25, 0.3) is 0 Å². The van der Waals surface area contributed by atoms with Gasteiger partial charge in [0.25, 0.3) is 5.91 Å². The molecule has 1 unspecified atom stereocenters. The molecule has 0 aromatic heterocycles. The lowest BCUT2D eigenvalue weighted by Crippen LogP contribution is -2.51. The third kappa shape index (κ3) is 2.28. The Labute approximate surface area is 126 Å². The number of amides is 1. The molecule has 7 heteroatoms. The van der Waals surface area contributed by atoms with E-state index in [1.165, 1.54) is 20.3 Å². The maximum absolute atomic E-state index is 13.4. The van der Waals surface area contributed by atoms with Crippen LogP contribution in [0.2, 0.25) is 0 Å². The van der Waals surface area contributed by atoms with Crippen molar-refractivity contribution in [1.29, 1.82) is 0 Å². The summed E-state index contributed by atoms with van der Waals surface area (Å²) in [5, 5.41) is 3.27. The fourth-order valence-electron chi connectivity index (χ4n) is 3.91. The Kier molecular flexibility index (Phi) is 3.54. The molecule has 0 aromatic carbocycles. The molecule has 4 atom stereocenters. The molecule has 21 heavy (non-hydrogen) atoms. The molecule has 3 aliphatic rings. The highest BCUT2D eigenvalue weighted by atomic mass is 32.2. The van der Waals surface area contributed by atoms with Crippen molar-refractivity contribution in [2.75, 3.05) is 0 Å². The van der Waals surface area contributed by atoms with E-state index in [9.17, 15) is 18.0 Å². The highest BCUT2D eigenvalue weighted by Crippen LogP contribution is 2.51. The Balaban J connectivity index is 1.75. The fourth-order valence-corrected chi connectivity index (χ4v) is 5.04. The van der Waals surface area contributed by atoms with Gasteiger partial charge < -0.3 is 5.32 Å². The fraction of sp³-hybridized carbons (Fsp3) is 0.857. The number of rotatable bonds is 2. The molecule has 0 radical (unpaired) electrons. The lowest BCUT2D eigenvalue weighted by molar-refractivity contribution is -0.175. The predicted octanol–water partition coefficient (Wildman–Crippen LogP) is 3.35. The van der Waals surface area contributed by atoms with Gasteiger partial charge in [-0.3, -0.25) is 4.79 Å². The number of hydrogen-bond donors (Lipinski definition) is 1. The highest BCUT2D eigenvalue weighted by Gasteiger charge is 2.66. The Morgan fingerprint density at radius 3 is 2.48 bits per heavy atom. The number of nitrogens with zero attached hydrogens (tertiary/aromatic N) is 1. The van der Waals surface area contributed by atoms with Crippen molar-refractivity contribution in [3.63, 3.8) is 0 Å². The first-order valence-corrected chi connectivity index (χ1v) is 8.21. The van der Waals surface area contributed by atoms with Crippen LogP contribution in [0.1, 0.15) is 39.5 Å². The van der Waals surface area contributed by atoms with Crippen LogP contribution in [0.15, 0.2) is 4.99 Å². The molecular formula is C14H19F3N2OS. The topological polar surface area (TPSA) is 41.5 Å². The van der Waals surface area contributed by atoms with E-state index in [1.807, 2.05) is 0 Å². The van der Waals surface area contributed by atoms with Gasteiger partial charge in [0.2, 0.25) is 4.75 Å². The molecular weight excluding hydrogens is 301 g/mol. The van der Waals surface area contributed by atoms with Gasteiger partial charge in [0.1, 0.15) is 0 Å². The Morgan fingerprint density at radius 2 is 2.05 bits per heavy atom. The van der Waals surface area contributed by atoms with Gasteiger partial charge in [-0.25, -0.2) is 0 Å². The quantitative estimate of drug-likeness (QED) is 0.848. The van der Waals surface area contributed by atoms with Crippen LogP contribution in [0.5, 0.6) is 0 Å². The van der Waals surface area contributed by atoms with Crippen molar-refractivity contribution in [2.24, 2.45) is 22.7 Å². The Morgan fingerprint density at radius 1 is 1.33 bits per heavy atom. The Bertz CT molecular complexity index is 491. The van der Waals surface area contributed by atoms with Crippen LogP contribution < -0.4 is 5.32 Å². The summed E-state index contributed by atoms with van der Waals surface area (Å²) in [7, 11) is 0. The molecule has 2 fully saturated rings. The minimum Gasteiger partial charge on any atom is -0.361 e. The molecule has 0 spiro atoms. The number of thioether (sulfide) groups is 1. The number of aliphatic imine (C=N–C) groups is 1. The minimum atomic E-state index is -4.59. The van der Waals surface area contributed by atoms with E-state index in [4.69, 9.17) is 0 Å². The van der Waals surface area contributed by atoms with E-state index in [1.54, 1.807) is 0 Å². The SMILES string of the molecule is CC(C)C1(C(F)(F)F)SC(N[C@H]2C[C@H]3CC[C@H]2C3)=NC1=O. The predicted molar refractivity (Wildman–Crippen MR) is 76.0 cm³/mol. The highest BCUT2D eigenvalue weighted by molar-refractivity contribution is 8.16. The number of nitrogens with one attached hydrogen (secondary N) is 1. The summed E-state index contributed by atoms with van der Waals surface area (Å²) in [6.07, 6.45) is -0.107. The van der Waals surface area contributed by atoms with Crippen molar-refractivity contribution in [3.8, 4) is 0 Å². The second-order valence-electron chi connectivity index (χ2n) is 6.64. The van der Waals surface area contributed by atoms with E-state index >= 15 is 0 Å². The first kappa shape index (κ1) is 15.2. The molecule has 2 bridgehead atoms. The van der Waals surface area contributed by atoms with Gasteiger partial charge >= 0.3 is 6.18 Å². The smallest absolute Gasteiger partial charge is 0.361 e. The molecule has 3 nitrogen and oxygen atoms in total. The first-order chi connectivity index (χ1) is 9.74. The number of amidine groups is 1. The molecule has 1 amide bonds. The molecule has 1 heterocycles. The van der Waals surface area contributed by atoms with E-state index in [0.29, 0.717) is 23.6 Å². The van der Waals surface area contributed by atoms with E-state index in [-0.39, 0.29) is 11.2 Å². The summed E-state index contributed by atoms with van der Waals surface area (Å²) >= 11 is 0.560. The molecule has 0 saturated heterocycles. The maximum atomic E-state index is 13.4. The summed E-state index contributed by atoms with van der Waals surface area (Å²) in [5.41, 5.74) is 0. The zero-order chi connectivity index (χ0) is 15.4. The summed E-state index contributed by atoms with van der Waals surface area (Å²) in [6.45, 7) is 2.85. The van der Waals surface area contributed by atoms with Gasteiger partial charge in [-0.1, -0.05) is 32.0 Å². The zero-order valence-corrected chi connectivity index (χ0v) is 12.9. The standard InChI is InChI=1S/C14H19F3N2OS/c1-7(2)13(14(15,16)17)11(20)19-12(21-13)18-10-6-8-3-4-9(10)5-8/h7-10H,3-6H2,1-2H3,(H,18,19,20)/t8-,9-,10-,13?/m0/s1. The molecule has 0 aromatic rings. The summed E-state index contributed by atoms with van der Waals surface area (Å²) in [4.78, 5) is 15.6. The van der Waals surface area contributed by atoms with Crippen LogP contribution in [0.4, 0.5) is 13.2 Å². The van der Waals surface area contributed by atoms with Crippen LogP contribution in [0.3, 0.4) is 0 Å². The molecule has 2 aliphatic carbocycles. The van der Waals surface area contributed by atoms with E-state index < -0.39 is 22.7 Å². The molecule has 2 saturated carbocycles. The third-order valence-electron chi connectivity index (χ3n) is 5.06. The monoisotopic (exact) mass is 320 g/mol. The van der Waals surface area contributed by atoms with Crippen molar-refractivity contribution >= 4 is 22.8 Å². The number of carbonyl (C=O) groups is 1. The van der Waals surface area contributed by atoms with Crippen LogP contribution >= 0.6 is 11.8 Å². The number of halogens is 3. The lowest BCUT2D eigenvalue weighted by Gasteiger charge is -2.32. The van der Waals surface area contributed by atoms with Crippen molar-refractivity contribution in [2.45, 2.75) is 56.5 Å². The lowest BCUT2D eigenvalue weighted by atomic mass is 9.93. The second kappa shape index (κ2) is 4.89. The van der Waals surface area contributed by atoms with Crippen molar-refractivity contribution < 1.29 is 18.0 Å². The average molecular weight is 320 g/mol. The van der Waals surface area contributed by atoms with Gasteiger partial charge in [-0.15, -0.1) is 0 Å². The summed E-state index contributed by atoms with van der Waals surface area (Å²) in [5.74, 6) is -0.709. The van der Waals surface area contributed by atoms with Gasteiger partial charge in [-0.05, 0) is 37.0 Å². The van der Waals surface area contributed by atoms with Crippen LogP contribution in [-0.4, -0.2) is 28.0 Å². The number of alkyl halides is 3. The summed E-state index contributed by atoms with van der Waals surface area (Å²) < 4.78 is 37.8. The van der Waals surface area contributed by atoms with Crippen molar-refractivity contribution in [3.05, 3.63) is 0 Å². The summed E-state index contributed by atoms with van der Waals surface area (Å²) in [6, 6.07) is 0.180. The van der Waals surface area contributed by atoms with Gasteiger partial charge in [0, 0.05) is 6.04 Å². The average Bonchev–Trinajstić information content (AvgIpc) is 3.02. The largest absolute Gasteiger partial charge is 0.412 e. The van der Waals surface area contributed by atoms with Crippen LogP contribution in [-0.2, 0) is 4.79 Å². The molecule has 1 N–H and O–H groups in total. The van der Waals surface area contributed by atoms with Gasteiger partial charge in [-0.2, -0.15) is 18.2 Å². The first-order valence-electron chi connectivity index (χ1n) is 7.39. The van der Waals surface area contributed by atoms with Gasteiger partial charge in [0.15, 0.2) is 5.17 Å². The Hall–Kier alpha value is -0.720. The van der Waals surface area contributed by atoms with Gasteiger partial charge in [0.05, 0.1) is 0 Å². The molecule has 1 aliphatic heterocycles. The normalized spacial score (nSPS) is 39.2. The van der Waals surface area contributed by atoms with Crippen molar-refractivity contribution in [1.82, 2.24) is 5.32 Å². The zero-order valence-electron chi connectivity index (χ0n) is 12.0. The van der Waals surface area contributed by atoms with Crippen LogP contribution in [0, 0.1) is 17.8 Å². The number of hydrogen-bond acceptors (Lipinski definition) is 3. The number of carbonyl (C=O) groups excluding carboxylic acids is 1. The third-order valence-corrected chi connectivity index (χ3v) is 6.66. The van der Waals surface area contributed by atoms with E-state index in [2.05, 4.69) is 10.3 Å². The minimum absolute atomic E-state index is 0.156. The molecule has 3 rings (SSSR count). The number of fused-ring (bicyclic) bond motifs is 2. The molecule has 118 valence electrons.